The molecule has 8 heteroatoms. The van der Waals surface area contributed by atoms with Gasteiger partial charge in [-0.15, -0.1) is 0 Å². The lowest BCUT2D eigenvalue weighted by Crippen LogP contribution is -2.01. The molecule has 0 amide bonds. The molecule has 0 atom stereocenters. The first-order valence-corrected chi connectivity index (χ1v) is 8.89. The molecule has 8 nitrogen and oxygen atoms in total. The quantitative estimate of drug-likeness (QED) is 0.563. The highest BCUT2D eigenvalue weighted by Gasteiger charge is 2.16. The predicted molar refractivity (Wildman–Crippen MR) is 106 cm³/mol. The van der Waals surface area contributed by atoms with Crippen molar-refractivity contribution in [1.82, 2.24) is 24.7 Å². The van der Waals surface area contributed by atoms with E-state index < -0.39 is 0 Å². The van der Waals surface area contributed by atoms with Gasteiger partial charge in [-0.3, -0.25) is 0 Å². The van der Waals surface area contributed by atoms with Gasteiger partial charge in [0.15, 0.2) is 17.4 Å². The van der Waals surface area contributed by atoms with Crippen LogP contribution in [0.25, 0.3) is 17.2 Å². The minimum Gasteiger partial charge on any atom is -0.453 e. The molecule has 0 aliphatic carbocycles. The van der Waals surface area contributed by atoms with Crippen LogP contribution in [-0.2, 0) is 6.54 Å². The van der Waals surface area contributed by atoms with Crippen molar-refractivity contribution in [3.05, 3.63) is 78.0 Å². The van der Waals surface area contributed by atoms with Gasteiger partial charge in [-0.1, -0.05) is 6.07 Å². The number of pyridine rings is 1. The lowest BCUT2D eigenvalue weighted by Gasteiger charge is -2.11. The maximum absolute atomic E-state index is 9.29. The lowest BCUT2D eigenvalue weighted by molar-refractivity contribution is 0.479. The first-order chi connectivity index (χ1) is 14.2. The summed E-state index contributed by atoms with van der Waals surface area (Å²) in [6.45, 7) is 2.25. The van der Waals surface area contributed by atoms with Crippen LogP contribution in [0.1, 0.15) is 16.8 Å². The van der Waals surface area contributed by atoms with E-state index in [-0.39, 0.29) is 0 Å². The molecule has 0 unspecified atom stereocenters. The zero-order valence-corrected chi connectivity index (χ0v) is 15.6. The van der Waals surface area contributed by atoms with Gasteiger partial charge in [0.2, 0.25) is 0 Å². The predicted octanol–water partition coefficient (Wildman–Crippen LogP) is 3.16. The Kier molecular flexibility index (Phi) is 4.97. The number of benzene rings is 1. The van der Waals surface area contributed by atoms with E-state index in [1.165, 1.54) is 0 Å². The van der Waals surface area contributed by atoms with Gasteiger partial charge >= 0.3 is 0 Å². The van der Waals surface area contributed by atoms with Crippen molar-refractivity contribution in [1.29, 1.82) is 5.26 Å². The summed E-state index contributed by atoms with van der Waals surface area (Å²) in [7, 11) is 0. The summed E-state index contributed by atoms with van der Waals surface area (Å²) < 4.78 is 7.82. The first kappa shape index (κ1) is 18.3. The summed E-state index contributed by atoms with van der Waals surface area (Å²) in [6.07, 6.45) is 6.67. The second-order valence-electron chi connectivity index (χ2n) is 6.24. The zero-order chi connectivity index (χ0) is 20.2. The van der Waals surface area contributed by atoms with Gasteiger partial charge in [-0.25, -0.2) is 19.6 Å². The molecular formula is C21H17N7O. The molecule has 4 aromatic rings. The van der Waals surface area contributed by atoms with Crippen LogP contribution in [-0.4, -0.2) is 24.7 Å². The number of rotatable bonds is 5. The summed E-state index contributed by atoms with van der Waals surface area (Å²) in [5, 5.41) is 13.7. The highest BCUT2D eigenvalue weighted by atomic mass is 16.5. The molecule has 0 fully saturated rings. The lowest BCUT2D eigenvalue weighted by atomic mass is 10.1. The van der Waals surface area contributed by atoms with E-state index in [4.69, 9.17) is 10.5 Å². The number of ether oxygens (including phenoxy) is 1. The molecule has 0 bridgehead atoms. The van der Waals surface area contributed by atoms with Gasteiger partial charge in [0.05, 0.1) is 29.1 Å². The number of nitriles is 1. The fourth-order valence-electron chi connectivity index (χ4n) is 2.78. The van der Waals surface area contributed by atoms with Crippen LogP contribution < -0.4 is 10.5 Å². The van der Waals surface area contributed by atoms with Gasteiger partial charge in [0, 0.05) is 30.7 Å². The Bertz CT molecular complexity index is 1180. The van der Waals surface area contributed by atoms with E-state index in [0.717, 1.165) is 11.3 Å². The molecule has 3 heterocycles. The van der Waals surface area contributed by atoms with Gasteiger partial charge in [0.25, 0.3) is 0 Å². The molecule has 3 aromatic heterocycles. The highest BCUT2D eigenvalue weighted by molar-refractivity contribution is 5.66. The van der Waals surface area contributed by atoms with Gasteiger partial charge < -0.3 is 10.5 Å². The molecular weight excluding hydrogens is 366 g/mol. The van der Waals surface area contributed by atoms with E-state index in [0.29, 0.717) is 40.8 Å². The van der Waals surface area contributed by atoms with Crippen molar-refractivity contribution in [3.63, 3.8) is 0 Å². The summed E-state index contributed by atoms with van der Waals surface area (Å²) >= 11 is 0. The topological polar surface area (TPSA) is 116 Å². The van der Waals surface area contributed by atoms with Crippen molar-refractivity contribution in [2.45, 2.75) is 13.5 Å². The van der Waals surface area contributed by atoms with Crippen LogP contribution >= 0.6 is 0 Å². The Balaban J connectivity index is 1.73. The summed E-state index contributed by atoms with van der Waals surface area (Å²) in [5.41, 5.74) is 8.36. The zero-order valence-electron chi connectivity index (χ0n) is 15.6. The maximum Gasteiger partial charge on any atom is 0.168 e. The molecule has 0 saturated heterocycles. The third kappa shape index (κ3) is 3.67. The molecule has 1 aromatic carbocycles. The fourth-order valence-corrected chi connectivity index (χ4v) is 2.78. The van der Waals surface area contributed by atoms with Crippen molar-refractivity contribution in [2.24, 2.45) is 5.73 Å². The van der Waals surface area contributed by atoms with Crippen LogP contribution in [0.4, 0.5) is 0 Å². The Hall–Kier alpha value is -4.09. The van der Waals surface area contributed by atoms with Crippen LogP contribution in [0, 0.1) is 18.3 Å². The Morgan fingerprint density at radius 1 is 1.07 bits per heavy atom. The van der Waals surface area contributed by atoms with Crippen molar-refractivity contribution < 1.29 is 4.74 Å². The summed E-state index contributed by atoms with van der Waals surface area (Å²) in [4.78, 5) is 13.0. The minimum atomic E-state index is 0.364. The molecule has 0 saturated carbocycles. The number of aromatic nitrogens is 5. The standard InChI is InChI=1S/C21H17N7O/c1-14-19(13-27-28(14)20-4-2-3-7-24-20)29-18-8-15(9-22)5-6-17(18)21-25-11-16(10-23)12-26-21/h2-8,11-13H,10,23H2,1H3. The van der Waals surface area contributed by atoms with Gasteiger partial charge in [-0.2, -0.15) is 10.4 Å². The normalized spacial score (nSPS) is 10.5. The van der Waals surface area contributed by atoms with Crippen molar-refractivity contribution in [3.8, 4) is 34.8 Å². The number of hydrogen-bond donors (Lipinski definition) is 1. The van der Waals surface area contributed by atoms with E-state index in [9.17, 15) is 5.26 Å². The average Bonchev–Trinajstić information content (AvgIpc) is 3.14. The fraction of sp³-hybridized carbons (Fsp3) is 0.0952. The molecule has 4 rings (SSSR count). The van der Waals surface area contributed by atoms with Crippen LogP contribution in [0.5, 0.6) is 11.5 Å². The first-order valence-electron chi connectivity index (χ1n) is 8.89. The van der Waals surface area contributed by atoms with Crippen LogP contribution in [0.15, 0.2) is 61.2 Å². The minimum absolute atomic E-state index is 0.364. The van der Waals surface area contributed by atoms with E-state index in [1.807, 2.05) is 25.1 Å². The monoisotopic (exact) mass is 383 g/mol. The van der Waals surface area contributed by atoms with Gasteiger partial charge in [-0.05, 0) is 37.3 Å². The van der Waals surface area contributed by atoms with E-state index in [2.05, 4.69) is 26.1 Å². The van der Waals surface area contributed by atoms with Gasteiger partial charge in [0.1, 0.15) is 5.75 Å². The van der Waals surface area contributed by atoms with Crippen LogP contribution in [0.3, 0.4) is 0 Å². The Morgan fingerprint density at radius 3 is 2.59 bits per heavy atom. The molecule has 0 radical (unpaired) electrons. The third-order valence-electron chi connectivity index (χ3n) is 4.34. The molecule has 142 valence electrons. The van der Waals surface area contributed by atoms with E-state index in [1.54, 1.807) is 47.7 Å². The largest absolute Gasteiger partial charge is 0.453 e. The summed E-state index contributed by atoms with van der Waals surface area (Å²) in [6, 6.07) is 12.8. The summed E-state index contributed by atoms with van der Waals surface area (Å²) in [5.74, 6) is 2.18. The molecule has 0 aliphatic heterocycles. The molecule has 0 aliphatic rings. The van der Waals surface area contributed by atoms with Crippen molar-refractivity contribution >= 4 is 0 Å². The van der Waals surface area contributed by atoms with Crippen molar-refractivity contribution in [2.75, 3.05) is 0 Å². The maximum atomic E-state index is 9.29. The van der Waals surface area contributed by atoms with E-state index >= 15 is 0 Å². The average molecular weight is 383 g/mol. The Morgan fingerprint density at radius 2 is 1.90 bits per heavy atom. The SMILES string of the molecule is Cc1c(Oc2cc(C#N)ccc2-c2ncc(CN)cn2)cnn1-c1ccccn1. The highest BCUT2D eigenvalue weighted by Crippen LogP contribution is 2.34. The smallest absolute Gasteiger partial charge is 0.168 e. The Labute approximate surface area is 167 Å². The number of nitrogens with zero attached hydrogens (tertiary/aromatic N) is 6. The second-order valence-corrected chi connectivity index (χ2v) is 6.24. The molecule has 29 heavy (non-hydrogen) atoms. The molecule has 2 N–H and O–H groups in total. The number of hydrogen-bond acceptors (Lipinski definition) is 7. The second kappa shape index (κ2) is 7.88. The van der Waals surface area contributed by atoms with Crippen LogP contribution in [0.2, 0.25) is 0 Å². The molecule has 0 spiro atoms. The number of nitrogens with two attached hydrogens (primary N) is 1. The third-order valence-corrected chi connectivity index (χ3v) is 4.34.